The zero-order chi connectivity index (χ0) is 9.19. The normalized spacial score (nSPS) is 14.3. The van der Waals surface area contributed by atoms with Crippen molar-refractivity contribution in [2.24, 2.45) is 0 Å². The Morgan fingerprint density at radius 2 is 1.50 bits per heavy atom. The molecule has 1 aromatic carbocycles. The van der Waals surface area contributed by atoms with Crippen molar-refractivity contribution in [3.05, 3.63) is 35.9 Å². The second kappa shape index (κ2) is 3.28. The van der Waals surface area contributed by atoms with Crippen molar-refractivity contribution >= 4 is 0 Å². The lowest BCUT2D eigenvalue weighted by molar-refractivity contribution is -0.900. The van der Waals surface area contributed by atoms with Gasteiger partial charge in [0.05, 0.1) is 21.1 Å². The van der Waals surface area contributed by atoms with Crippen LogP contribution in [0.3, 0.4) is 0 Å². The zero-order valence-corrected chi connectivity index (χ0v) is 8.41. The lowest BCUT2D eigenvalue weighted by atomic mass is 10.1. The third kappa shape index (κ3) is 2.08. The first-order valence-corrected chi connectivity index (χ1v) is 4.38. The van der Waals surface area contributed by atoms with E-state index in [9.17, 15) is 0 Å². The SMILES string of the molecule is CC(c1ccccc1)[N+](C)(C)C. The highest BCUT2D eigenvalue weighted by atomic mass is 15.3. The van der Waals surface area contributed by atoms with Crippen LogP contribution in [-0.2, 0) is 0 Å². The summed E-state index contributed by atoms with van der Waals surface area (Å²) >= 11 is 0. The Bertz CT molecular complexity index is 233. The molecule has 0 amide bonds. The number of benzene rings is 1. The van der Waals surface area contributed by atoms with E-state index in [-0.39, 0.29) is 0 Å². The highest BCUT2D eigenvalue weighted by molar-refractivity contribution is 5.16. The fourth-order valence-corrected chi connectivity index (χ4v) is 1.18. The van der Waals surface area contributed by atoms with Crippen LogP contribution in [-0.4, -0.2) is 25.6 Å². The Balaban J connectivity index is 2.86. The Morgan fingerprint density at radius 1 is 1.00 bits per heavy atom. The van der Waals surface area contributed by atoms with Crippen molar-refractivity contribution in [1.82, 2.24) is 0 Å². The second-order valence-electron chi connectivity index (χ2n) is 4.20. The van der Waals surface area contributed by atoms with Crippen LogP contribution in [0.15, 0.2) is 30.3 Å². The minimum absolute atomic E-state index is 0.561. The van der Waals surface area contributed by atoms with E-state index in [1.165, 1.54) is 5.56 Å². The molecule has 0 aliphatic carbocycles. The highest BCUT2D eigenvalue weighted by Gasteiger charge is 2.19. The van der Waals surface area contributed by atoms with Crippen LogP contribution in [0, 0.1) is 0 Å². The zero-order valence-electron chi connectivity index (χ0n) is 8.41. The largest absolute Gasteiger partial charge is 0.325 e. The molecule has 0 spiro atoms. The Hall–Kier alpha value is -0.820. The Morgan fingerprint density at radius 3 is 1.92 bits per heavy atom. The molecule has 1 heteroatoms. The summed E-state index contributed by atoms with van der Waals surface area (Å²) in [6.45, 7) is 2.26. The van der Waals surface area contributed by atoms with Crippen LogP contribution >= 0.6 is 0 Å². The fraction of sp³-hybridized carbons (Fsp3) is 0.455. The first-order valence-electron chi connectivity index (χ1n) is 4.38. The molecule has 0 saturated heterocycles. The van der Waals surface area contributed by atoms with Crippen LogP contribution in [0.2, 0.25) is 0 Å². The highest BCUT2D eigenvalue weighted by Crippen LogP contribution is 2.21. The van der Waals surface area contributed by atoms with Gasteiger partial charge in [-0.25, -0.2) is 0 Å². The van der Waals surface area contributed by atoms with E-state index in [1.54, 1.807) is 0 Å². The molecule has 0 N–H and O–H groups in total. The van der Waals surface area contributed by atoms with Crippen molar-refractivity contribution in [3.8, 4) is 0 Å². The molecule has 0 fully saturated rings. The summed E-state index contributed by atoms with van der Waals surface area (Å²) in [5.74, 6) is 0. The van der Waals surface area contributed by atoms with Gasteiger partial charge in [-0.3, -0.25) is 0 Å². The topological polar surface area (TPSA) is 0 Å². The molecule has 1 atom stereocenters. The van der Waals surface area contributed by atoms with Gasteiger partial charge >= 0.3 is 0 Å². The first kappa shape index (κ1) is 9.27. The summed E-state index contributed by atoms with van der Waals surface area (Å²) in [7, 11) is 6.66. The predicted octanol–water partition coefficient (Wildman–Crippen LogP) is 2.45. The van der Waals surface area contributed by atoms with Gasteiger partial charge in [-0.2, -0.15) is 0 Å². The van der Waals surface area contributed by atoms with Crippen molar-refractivity contribution in [2.45, 2.75) is 13.0 Å². The first-order chi connectivity index (χ1) is 5.52. The van der Waals surface area contributed by atoms with Crippen LogP contribution in [0.4, 0.5) is 0 Å². The third-order valence-electron chi connectivity index (χ3n) is 2.44. The number of hydrogen-bond acceptors (Lipinski definition) is 0. The quantitative estimate of drug-likeness (QED) is 0.589. The lowest BCUT2D eigenvalue weighted by Gasteiger charge is -2.31. The molecule has 1 nitrogen and oxygen atoms in total. The van der Waals surface area contributed by atoms with Gasteiger partial charge in [0, 0.05) is 5.56 Å². The molecule has 0 aromatic heterocycles. The summed E-state index contributed by atoms with van der Waals surface area (Å²) in [6.07, 6.45) is 0. The molecule has 1 aromatic rings. The van der Waals surface area contributed by atoms with E-state index in [0.717, 1.165) is 4.48 Å². The smallest absolute Gasteiger partial charge is 0.111 e. The van der Waals surface area contributed by atoms with Gasteiger partial charge in [-0.05, 0) is 6.92 Å². The number of hydrogen-bond donors (Lipinski definition) is 0. The van der Waals surface area contributed by atoms with E-state index >= 15 is 0 Å². The summed E-state index contributed by atoms with van der Waals surface area (Å²) in [4.78, 5) is 0. The second-order valence-corrected chi connectivity index (χ2v) is 4.20. The van der Waals surface area contributed by atoms with Crippen molar-refractivity contribution in [1.29, 1.82) is 0 Å². The molecule has 12 heavy (non-hydrogen) atoms. The van der Waals surface area contributed by atoms with Gasteiger partial charge in [0.1, 0.15) is 6.04 Å². The predicted molar refractivity (Wildman–Crippen MR) is 52.9 cm³/mol. The van der Waals surface area contributed by atoms with Crippen molar-refractivity contribution in [3.63, 3.8) is 0 Å². The summed E-state index contributed by atoms with van der Waals surface area (Å²) in [5, 5.41) is 0. The van der Waals surface area contributed by atoms with E-state index in [1.807, 2.05) is 0 Å². The van der Waals surface area contributed by atoms with Crippen molar-refractivity contribution < 1.29 is 4.48 Å². The maximum absolute atomic E-state index is 2.26. The molecular formula is C11H18N+. The van der Waals surface area contributed by atoms with E-state index < -0.39 is 0 Å². The van der Waals surface area contributed by atoms with Crippen LogP contribution in [0.25, 0.3) is 0 Å². The maximum atomic E-state index is 2.26. The van der Waals surface area contributed by atoms with Gasteiger partial charge in [-0.15, -0.1) is 0 Å². The molecule has 1 rings (SSSR count). The van der Waals surface area contributed by atoms with Gasteiger partial charge in [0.2, 0.25) is 0 Å². The van der Waals surface area contributed by atoms with E-state index in [2.05, 4.69) is 58.4 Å². The number of nitrogens with zero attached hydrogens (tertiary/aromatic N) is 1. The molecule has 0 aliphatic heterocycles. The Kier molecular flexibility index (Phi) is 2.53. The van der Waals surface area contributed by atoms with Crippen molar-refractivity contribution in [2.75, 3.05) is 21.1 Å². The van der Waals surface area contributed by atoms with E-state index in [4.69, 9.17) is 0 Å². The average Bonchev–Trinajstić information content (AvgIpc) is 2.03. The molecule has 0 radical (unpaired) electrons. The minimum atomic E-state index is 0.561. The molecule has 1 unspecified atom stereocenters. The minimum Gasteiger partial charge on any atom is -0.325 e. The maximum Gasteiger partial charge on any atom is 0.111 e. The summed E-state index contributed by atoms with van der Waals surface area (Å²) in [5.41, 5.74) is 1.41. The Labute approximate surface area is 75.2 Å². The molecule has 0 bridgehead atoms. The summed E-state index contributed by atoms with van der Waals surface area (Å²) in [6, 6.07) is 11.2. The molecule has 0 aliphatic rings. The van der Waals surface area contributed by atoms with Crippen LogP contribution < -0.4 is 0 Å². The lowest BCUT2D eigenvalue weighted by Crippen LogP contribution is -2.37. The standard InChI is InChI=1S/C11H18N/c1-10(12(2,3)4)11-8-6-5-7-9-11/h5-10H,1-4H3/q+1. The molecule has 0 saturated carbocycles. The average molecular weight is 164 g/mol. The fourth-order valence-electron chi connectivity index (χ4n) is 1.18. The van der Waals surface area contributed by atoms with E-state index in [0.29, 0.717) is 6.04 Å². The molecule has 0 heterocycles. The molecular weight excluding hydrogens is 146 g/mol. The van der Waals surface area contributed by atoms with Crippen LogP contribution in [0.5, 0.6) is 0 Å². The van der Waals surface area contributed by atoms with Crippen LogP contribution in [0.1, 0.15) is 18.5 Å². The number of rotatable bonds is 2. The van der Waals surface area contributed by atoms with Gasteiger partial charge in [0.25, 0.3) is 0 Å². The number of quaternary nitrogens is 1. The van der Waals surface area contributed by atoms with Gasteiger partial charge in [-0.1, -0.05) is 30.3 Å². The monoisotopic (exact) mass is 164 g/mol. The third-order valence-corrected chi connectivity index (χ3v) is 2.44. The molecule has 66 valence electrons. The summed E-state index contributed by atoms with van der Waals surface area (Å²) < 4.78 is 0.976. The van der Waals surface area contributed by atoms with Gasteiger partial charge in [0.15, 0.2) is 0 Å². The van der Waals surface area contributed by atoms with Gasteiger partial charge < -0.3 is 4.48 Å².